The van der Waals surface area contributed by atoms with E-state index >= 15 is 0 Å². The second-order valence-electron chi connectivity index (χ2n) is 1.97. The molecule has 1 aliphatic rings. The van der Waals surface area contributed by atoms with E-state index < -0.39 is 0 Å². The van der Waals surface area contributed by atoms with E-state index in [0.717, 1.165) is 5.16 Å². The van der Waals surface area contributed by atoms with Crippen molar-refractivity contribution in [2.45, 2.75) is 11.2 Å². The van der Waals surface area contributed by atoms with Crippen LogP contribution in [0, 0.1) is 0 Å². The minimum Gasteiger partial charge on any atom is -0.465 e. The van der Waals surface area contributed by atoms with E-state index in [1.165, 1.54) is 16.3 Å². The molecule has 1 unspecified atom stereocenters. The molecule has 1 rings (SSSR count). The van der Waals surface area contributed by atoms with E-state index in [9.17, 15) is 0 Å². The van der Waals surface area contributed by atoms with Gasteiger partial charge in [0.2, 0.25) is 0 Å². The first kappa shape index (κ1) is 4.76. The van der Waals surface area contributed by atoms with E-state index in [1.807, 2.05) is 0 Å². The van der Waals surface area contributed by atoms with Crippen molar-refractivity contribution in [2.75, 3.05) is 0 Å². The maximum atomic E-state index is 5.37. The van der Waals surface area contributed by atoms with Crippen LogP contribution in [0.25, 0.3) is 0 Å². The lowest BCUT2D eigenvalue weighted by molar-refractivity contribution is 0.664. The normalized spacial score (nSPS) is 43.0. The topological polar surface area (TPSA) is 9.23 Å². The first-order valence-corrected chi connectivity index (χ1v) is 6.60. The van der Waals surface area contributed by atoms with Crippen molar-refractivity contribution in [3.8, 4) is 0 Å². The molecule has 0 spiro atoms. The fourth-order valence-electron chi connectivity index (χ4n) is 0.652. The largest absolute Gasteiger partial charge is 0.465 e. The van der Waals surface area contributed by atoms with Crippen molar-refractivity contribution in [1.82, 2.24) is 0 Å². The van der Waals surface area contributed by atoms with Crippen LogP contribution in [0.5, 0.6) is 0 Å². The van der Waals surface area contributed by atoms with Crippen LogP contribution in [-0.2, 0) is 4.12 Å². The molecule has 0 aromatic carbocycles. The fraction of sp³-hybridized carbons (Fsp3) is 1.00. The molecule has 1 heterocycles. The molecule has 1 saturated heterocycles. The van der Waals surface area contributed by atoms with Gasteiger partial charge < -0.3 is 4.12 Å². The summed E-state index contributed by atoms with van der Waals surface area (Å²) >= 11 is 0. The molecule has 4 heteroatoms. The maximum absolute atomic E-state index is 5.37. The van der Waals surface area contributed by atoms with Gasteiger partial charge in [-0.25, -0.2) is 0 Å². The fourth-order valence-corrected chi connectivity index (χ4v) is 7.99. The number of hydrogen-bond donors (Lipinski definition) is 0. The van der Waals surface area contributed by atoms with Crippen LogP contribution in [0.3, 0.4) is 0 Å². The highest BCUT2D eigenvalue weighted by Gasteiger charge is 2.09. The Morgan fingerprint density at radius 3 is 2.83 bits per heavy atom. The molecule has 0 radical (unpaired) electrons. The third kappa shape index (κ3) is 1.04. The van der Waals surface area contributed by atoms with Crippen molar-refractivity contribution >= 4 is 29.8 Å². The smallest absolute Gasteiger partial charge is 0.145 e. The summed E-state index contributed by atoms with van der Waals surface area (Å²) in [4.78, 5) is 0. The van der Waals surface area contributed by atoms with Crippen molar-refractivity contribution < 1.29 is 4.12 Å². The minimum absolute atomic E-state index is 0.0910. The summed E-state index contributed by atoms with van der Waals surface area (Å²) < 4.78 is 5.37. The van der Waals surface area contributed by atoms with Gasteiger partial charge in [-0.1, -0.05) is 0 Å². The van der Waals surface area contributed by atoms with E-state index in [1.54, 1.807) is 0 Å². The van der Waals surface area contributed by atoms with Crippen molar-refractivity contribution in [3.63, 3.8) is 0 Å². The monoisotopic (exact) mass is 134 g/mol. The molecule has 0 aromatic rings. The molecule has 6 heavy (non-hydrogen) atoms. The molecule has 1 aliphatic heterocycles. The van der Waals surface area contributed by atoms with Gasteiger partial charge >= 0.3 is 0 Å². The van der Waals surface area contributed by atoms with E-state index in [-0.39, 0.29) is 19.5 Å². The lowest BCUT2D eigenvalue weighted by Gasteiger charge is -1.88. The van der Waals surface area contributed by atoms with Crippen molar-refractivity contribution in [3.05, 3.63) is 0 Å². The predicted molar refractivity (Wildman–Crippen MR) is 36.7 cm³/mol. The zero-order valence-corrected chi connectivity index (χ0v) is 8.94. The second kappa shape index (κ2) is 2.06. The molecule has 1 fully saturated rings. The van der Waals surface area contributed by atoms with Gasteiger partial charge in [-0.2, -0.15) is 0 Å². The molecular weight excluding hydrogens is 124 g/mol. The summed E-state index contributed by atoms with van der Waals surface area (Å²) in [7, 11) is 1.61. The van der Waals surface area contributed by atoms with Gasteiger partial charge in [-0.15, -0.1) is 0 Å². The highest BCUT2D eigenvalue weighted by atomic mass is 28.3. The molecule has 1 atom stereocenters. The SMILES string of the molecule is [SiH3]C1C[SiH2]O[SiH2]1. The predicted octanol–water partition coefficient (Wildman–Crippen LogP) is -2.29. The molecule has 1 nitrogen and oxygen atoms in total. The highest BCUT2D eigenvalue weighted by Crippen LogP contribution is 2.09. The molecule has 0 aromatic heterocycles. The molecule has 0 amide bonds. The second-order valence-corrected chi connectivity index (χ2v) is 9.58. The Bertz CT molecular complexity index is 42.1. The highest BCUT2D eigenvalue weighted by molar-refractivity contribution is 6.58. The Morgan fingerprint density at radius 2 is 2.67 bits per heavy atom. The van der Waals surface area contributed by atoms with Gasteiger partial charge in [-0.3, -0.25) is 0 Å². The van der Waals surface area contributed by atoms with Crippen LogP contribution in [0.2, 0.25) is 11.2 Å². The Hall–Kier alpha value is 0.611. The molecule has 36 valence electrons. The first-order valence-electron chi connectivity index (χ1n) is 2.47. The lowest BCUT2D eigenvalue weighted by atomic mass is 10.9. The third-order valence-corrected chi connectivity index (χ3v) is 9.00. The Balaban J connectivity index is 2.18. The Kier molecular flexibility index (Phi) is 1.63. The average Bonchev–Trinajstić information content (AvgIpc) is 1.86. The first-order chi connectivity index (χ1) is 2.89. The zero-order valence-electron chi connectivity index (χ0n) is 4.11. The maximum Gasteiger partial charge on any atom is 0.145 e. The van der Waals surface area contributed by atoms with E-state index in [0.29, 0.717) is 0 Å². The van der Waals surface area contributed by atoms with Gasteiger partial charge in [0.15, 0.2) is 0 Å². The Labute approximate surface area is 45.8 Å². The zero-order chi connectivity index (χ0) is 4.41. The summed E-state index contributed by atoms with van der Waals surface area (Å²) in [5, 5.41) is 1.16. The van der Waals surface area contributed by atoms with Gasteiger partial charge in [-0.05, 0) is 11.2 Å². The van der Waals surface area contributed by atoms with Crippen LogP contribution in [-0.4, -0.2) is 29.8 Å². The van der Waals surface area contributed by atoms with Crippen molar-refractivity contribution in [2.24, 2.45) is 0 Å². The molecule has 0 saturated carbocycles. The van der Waals surface area contributed by atoms with Crippen LogP contribution in [0.15, 0.2) is 0 Å². The summed E-state index contributed by atoms with van der Waals surface area (Å²) in [6.07, 6.45) is 0. The van der Waals surface area contributed by atoms with E-state index in [2.05, 4.69) is 0 Å². The van der Waals surface area contributed by atoms with Gasteiger partial charge in [0.1, 0.15) is 19.5 Å². The van der Waals surface area contributed by atoms with Crippen LogP contribution in [0.1, 0.15) is 0 Å². The van der Waals surface area contributed by atoms with E-state index in [4.69, 9.17) is 4.12 Å². The summed E-state index contributed by atoms with van der Waals surface area (Å²) in [6.45, 7) is 0. The van der Waals surface area contributed by atoms with Crippen LogP contribution >= 0.6 is 0 Å². The molecule has 0 N–H and O–H groups in total. The lowest BCUT2D eigenvalue weighted by Crippen LogP contribution is -1.92. The van der Waals surface area contributed by atoms with Crippen LogP contribution in [0.4, 0.5) is 0 Å². The molecule has 0 bridgehead atoms. The number of hydrogen-bond acceptors (Lipinski definition) is 1. The Morgan fingerprint density at radius 1 is 1.83 bits per heavy atom. The molecular formula is C2H10OSi3. The average molecular weight is 134 g/mol. The van der Waals surface area contributed by atoms with Gasteiger partial charge in [0.25, 0.3) is 0 Å². The number of rotatable bonds is 0. The van der Waals surface area contributed by atoms with Crippen molar-refractivity contribution in [1.29, 1.82) is 0 Å². The van der Waals surface area contributed by atoms with Gasteiger partial charge in [0, 0.05) is 10.2 Å². The summed E-state index contributed by atoms with van der Waals surface area (Å²) in [5.41, 5.74) is 0. The quantitative estimate of drug-likeness (QED) is 0.339. The third-order valence-electron chi connectivity index (χ3n) is 1.16. The minimum atomic E-state index is 0.0910. The molecule has 0 aliphatic carbocycles. The summed E-state index contributed by atoms with van der Waals surface area (Å²) in [6, 6.07) is 1.53. The standard InChI is InChI=1S/C2H10OSi3/c4-2-1-5-3-6-2/h2H,1,5-6H2,4H3. The van der Waals surface area contributed by atoms with Crippen LogP contribution < -0.4 is 0 Å². The van der Waals surface area contributed by atoms with Gasteiger partial charge in [0.05, 0.1) is 0 Å². The summed E-state index contributed by atoms with van der Waals surface area (Å²) in [5.74, 6) is 0.